The van der Waals surface area contributed by atoms with Gasteiger partial charge in [0.2, 0.25) is 0 Å². The van der Waals surface area contributed by atoms with Crippen LogP contribution in [-0.2, 0) is 43.9 Å². The van der Waals surface area contributed by atoms with E-state index in [1.807, 2.05) is 39.0 Å². The summed E-state index contributed by atoms with van der Waals surface area (Å²) in [5.74, 6) is -0.425. The number of fused-ring (bicyclic) bond motifs is 1. The average molecular weight is 397 g/mol. The van der Waals surface area contributed by atoms with Gasteiger partial charge in [0, 0.05) is 32.7 Å². The summed E-state index contributed by atoms with van der Waals surface area (Å²) in [6, 6.07) is 8.88. The second-order valence-electron chi connectivity index (χ2n) is 5.63. The fraction of sp³-hybridized carbons (Fsp3) is 0.278. The minimum absolute atomic E-state index is 0. The quantitative estimate of drug-likeness (QED) is 0.545. The molecule has 0 saturated carbocycles. The third-order valence-corrected chi connectivity index (χ3v) is 4.17. The van der Waals surface area contributed by atoms with Gasteiger partial charge in [0.1, 0.15) is 11.0 Å². The number of carbonyl (C=O) groups excluding carboxylic acids is 1. The van der Waals surface area contributed by atoms with E-state index in [2.05, 4.69) is 21.2 Å². The number of H-pyrrole nitrogens is 1. The first kappa shape index (κ1) is 18.7. The molecule has 0 aliphatic carbocycles. The van der Waals surface area contributed by atoms with Crippen LogP contribution in [0.15, 0.2) is 18.2 Å². The van der Waals surface area contributed by atoms with Crippen LogP contribution in [0.2, 0.25) is 0 Å². The number of hydrogen-bond donors (Lipinski definition) is 1. The maximum atomic E-state index is 12.2. The van der Waals surface area contributed by atoms with E-state index in [0.717, 1.165) is 33.5 Å². The zero-order chi connectivity index (χ0) is 16.6. The van der Waals surface area contributed by atoms with Crippen LogP contribution in [0.25, 0.3) is 11.0 Å². The molecule has 24 heavy (non-hydrogen) atoms. The number of benzene rings is 1. The second-order valence-corrected chi connectivity index (χ2v) is 5.63. The molecule has 0 unspecified atom stereocenters. The molecule has 2 heterocycles. The van der Waals surface area contributed by atoms with Crippen molar-refractivity contribution in [3.05, 3.63) is 57.9 Å². The molecule has 0 saturated heterocycles. The number of aromatic amines is 1. The largest absolute Gasteiger partial charge is 0.464 e. The first-order chi connectivity index (χ1) is 11.0. The van der Waals surface area contributed by atoms with Gasteiger partial charge in [-0.3, -0.25) is 5.10 Å². The van der Waals surface area contributed by atoms with Crippen LogP contribution in [0.4, 0.5) is 0 Å². The Labute approximate surface area is 166 Å². The van der Waals surface area contributed by atoms with Gasteiger partial charge in [-0.2, -0.15) is 40.5 Å². The van der Waals surface area contributed by atoms with E-state index in [-0.39, 0.29) is 32.7 Å². The molecule has 0 bridgehead atoms. The van der Waals surface area contributed by atoms with Crippen molar-refractivity contribution in [2.75, 3.05) is 7.11 Å². The van der Waals surface area contributed by atoms with E-state index in [4.69, 9.17) is 4.74 Å². The summed E-state index contributed by atoms with van der Waals surface area (Å²) in [6.45, 7) is 5.89. The van der Waals surface area contributed by atoms with Crippen molar-refractivity contribution in [1.29, 1.82) is 0 Å². The number of ether oxygens (including phenoxy) is 1. The Morgan fingerprint density at radius 2 is 2.04 bits per heavy atom. The van der Waals surface area contributed by atoms with Gasteiger partial charge >= 0.3 is 5.97 Å². The van der Waals surface area contributed by atoms with Crippen molar-refractivity contribution in [3.8, 4) is 0 Å². The minimum atomic E-state index is -0.425. The third kappa shape index (κ3) is 3.28. The molecule has 0 atom stereocenters. The Kier molecular flexibility index (Phi) is 5.89. The van der Waals surface area contributed by atoms with E-state index in [0.29, 0.717) is 17.6 Å². The normalized spacial score (nSPS) is 10.5. The summed E-state index contributed by atoms with van der Waals surface area (Å²) in [5.41, 5.74) is 6.76. The van der Waals surface area contributed by atoms with Gasteiger partial charge in [-0.15, -0.1) is 0 Å². The molecular weight excluding hydrogens is 379 g/mol. The number of aryl methyl sites for hydroxylation is 3. The number of esters is 1. The Balaban J connectivity index is 0.00000208. The molecule has 5 nitrogen and oxygen atoms in total. The summed E-state index contributed by atoms with van der Waals surface area (Å²) in [6.07, 6.45) is 0.603. The Morgan fingerprint density at radius 3 is 2.71 bits per heavy atom. The number of rotatable bonds is 3. The first-order valence-corrected chi connectivity index (χ1v) is 7.41. The molecule has 0 amide bonds. The van der Waals surface area contributed by atoms with Gasteiger partial charge in [-0.05, 0) is 31.4 Å². The molecule has 3 rings (SSSR count). The van der Waals surface area contributed by atoms with Crippen molar-refractivity contribution in [3.63, 3.8) is 0 Å². The van der Waals surface area contributed by atoms with Gasteiger partial charge in [0.25, 0.3) is 0 Å². The van der Waals surface area contributed by atoms with E-state index in [1.54, 1.807) is 0 Å². The summed E-state index contributed by atoms with van der Waals surface area (Å²) in [7, 11) is 1.37. The topological polar surface area (TPSA) is 67.9 Å². The maximum absolute atomic E-state index is 12.2. The van der Waals surface area contributed by atoms with Gasteiger partial charge in [-0.1, -0.05) is 6.92 Å². The zero-order valence-corrected chi connectivity index (χ0v) is 17.1. The predicted octanol–water partition coefficient (Wildman–Crippen LogP) is 3.06. The number of nitrogens with zero attached hydrogens (tertiary/aromatic N) is 2. The van der Waals surface area contributed by atoms with E-state index >= 15 is 0 Å². The summed E-state index contributed by atoms with van der Waals surface area (Å²) in [4.78, 5) is 16.7. The number of pyridine rings is 1. The average Bonchev–Trinajstić information content (AvgIpc) is 2.92. The SMILES string of the molecule is COC(=O)c1nc2c(C)[nH]nc2c(C)c1Cc1cc[c-]cc1C.[Y]. The van der Waals surface area contributed by atoms with Crippen LogP contribution in [0.5, 0.6) is 0 Å². The van der Waals surface area contributed by atoms with Crippen LogP contribution in [-0.4, -0.2) is 28.3 Å². The molecule has 0 aliphatic heterocycles. The van der Waals surface area contributed by atoms with Crippen molar-refractivity contribution >= 4 is 17.0 Å². The van der Waals surface area contributed by atoms with Crippen molar-refractivity contribution in [2.45, 2.75) is 27.2 Å². The fourth-order valence-corrected chi connectivity index (χ4v) is 2.74. The number of aromatic nitrogens is 3. The second kappa shape index (κ2) is 7.53. The van der Waals surface area contributed by atoms with E-state index < -0.39 is 5.97 Å². The van der Waals surface area contributed by atoms with Gasteiger partial charge < -0.3 is 4.74 Å². The van der Waals surface area contributed by atoms with E-state index in [9.17, 15) is 4.79 Å². The predicted molar refractivity (Wildman–Crippen MR) is 87.5 cm³/mol. The third-order valence-electron chi connectivity index (χ3n) is 4.17. The molecule has 0 spiro atoms. The maximum Gasteiger partial charge on any atom is 0.356 e. The molecule has 2 aromatic heterocycles. The number of nitrogens with one attached hydrogen (secondary N) is 1. The van der Waals surface area contributed by atoms with E-state index in [1.165, 1.54) is 7.11 Å². The zero-order valence-electron chi connectivity index (χ0n) is 14.2. The van der Waals surface area contributed by atoms with Gasteiger partial charge in [0.15, 0.2) is 5.69 Å². The van der Waals surface area contributed by atoms with Crippen molar-refractivity contribution < 1.29 is 42.2 Å². The number of carbonyl (C=O) groups is 1. The summed E-state index contributed by atoms with van der Waals surface area (Å²) in [5, 5.41) is 7.26. The molecule has 0 fully saturated rings. The number of hydrogen-bond acceptors (Lipinski definition) is 4. The molecule has 1 N–H and O–H groups in total. The Hall–Kier alpha value is -1.59. The Bertz CT molecular complexity index is 903. The number of methoxy groups -OCH3 is 1. The van der Waals surface area contributed by atoms with Crippen LogP contribution >= 0.6 is 0 Å². The van der Waals surface area contributed by atoms with Gasteiger partial charge in [-0.25, -0.2) is 9.78 Å². The Morgan fingerprint density at radius 1 is 1.29 bits per heavy atom. The smallest absolute Gasteiger partial charge is 0.356 e. The molecule has 1 aromatic carbocycles. The molecule has 3 aromatic rings. The molecule has 0 aliphatic rings. The molecule has 121 valence electrons. The fourth-order valence-electron chi connectivity index (χ4n) is 2.74. The monoisotopic (exact) mass is 397 g/mol. The molecular formula is C18H18N3O2Y-. The van der Waals surface area contributed by atoms with Crippen LogP contribution in [0.3, 0.4) is 0 Å². The van der Waals surface area contributed by atoms with Crippen molar-refractivity contribution in [2.24, 2.45) is 0 Å². The summed E-state index contributed by atoms with van der Waals surface area (Å²) < 4.78 is 4.93. The van der Waals surface area contributed by atoms with Crippen LogP contribution in [0, 0.1) is 26.8 Å². The van der Waals surface area contributed by atoms with Crippen molar-refractivity contribution in [1.82, 2.24) is 15.2 Å². The van der Waals surface area contributed by atoms with Crippen LogP contribution in [0.1, 0.15) is 38.4 Å². The molecule has 1 radical (unpaired) electrons. The standard InChI is InChI=1S/C18H18N3O2.Y/c1-10-7-5-6-8-13(10)9-14-11(2)15-16(12(3)20-21-15)19-17(14)18(22)23-4;/h6-8H,9H2,1-4H3,(H,20,21);/q-1;. The summed E-state index contributed by atoms with van der Waals surface area (Å²) >= 11 is 0. The van der Waals surface area contributed by atoms with Crippen LogP contribution < -0.4 is 0 Å². The minimum Gasteiger partial charge on any atom is -0.464 e. The van der Waals surface area contributed by atoms with Gasteiger partial charge in [0.05, 0.1) is 12.8 Å². The molecule has 6 heteroatoms. The first-order valence-electron chi connectivity index (χ1n) is 7.41.